The van der Waals surface area contributed by atoms with E-state index >= 15 is 0 Å². The summed E-state index contributed by atoms with van der Waals surface area (Å²) < 4.78 is 38.8. The van der Waals surface area contributed by atoms with Crippen molar-refractivity contribution in [1.29, 1.82) is 0 Å². The lowest BCUT2D eigenvalue weighted by Crippen LogP contribution is -2.47. The molecule has 0 atom stereocenters. The average molecular weight is 451 g/mol. The van der Waals surface area contributed by atoms with Crippen LogP contribution in [0.1, 0.15) is 51.0 Å². The van der Waals surface area contributed by atoms with Crippen LogP contribution in [0.4, 0.5) is 0 Å². The minimum Gasteiger partial charge on any atom is -0.350 e. The Kier molecular flexibility index (Phi) is 7.01. The zero-order valence-electron chi connectivity index (χ0n) is 18.5. The summed E-state index contributed by atoms with van der Waals surface area (Å²) in [6, 6.07) is 7.17. The van der Waals surface area contributed by atoms with Gasteiger partial charge in [-0.1, -0.05) is 26.0 Å². The quantitative estimate of drug-likeness (QED) is 0.690. The number of carbonyl (C=O) groups excluding carboxylic acids is 1. The van der Waals surface area contributed by atoms with Crippen LogP contribution in [0.2, 0.25) is 0 Å². The fourth-order valence-corrected chi connectivity index (χ4v) is 6.29. The highest BCUT2D eigenvalue weighted by Crippen LogP contribution is 2.30. The predicted molar refractivity (Wildman–Crippen MR) is 117 cm³/mol. The van der Waals surface area contributed by atoms with Gasteiger partial charge in [-0.2, -0.15) is 4.31 Å². The standard InChI is InChI=1S/C23H34N2O5S/c1-17(2)18-3-5-21(6-4-18)31(27,28)25-13-9-19(10-14-25)22(26)24-11-7-20(8-12-24)23-29-15-16-30-23/h3-6,17,19-20,23H,7-16H2,1-2H3. The van der Waals surface area contributed by atoms with Crippen LogP contribution in [0.3, 0.4) is 0 Å². The molecule has 7 nitrogen and oxygen atoms in total. The second-order valence-electron chi connectivity index (χ2n) is 9.17. The Morgan fingerprint density at radius 1 is 0.935 bits per heavy atom. The van der Waals surface area contributed by atoms with E-state index in [-0.39, 0.29) is 18.1 Å². The van der Waals surface area contributed by atoms with Crippen molar-refractivity contribution in [3.05, 3.63) is 29.8 Å². The number of ether oxygens (including phenoxy) is 2. The summed E-state index contributed by atoms with van der Waals surface area (Å²) in [7, 11) is -3.51. The second kappa shape index (κ2) is 9.57. The van der Waals surface area contributed by atoms with E-state index < -0.39 is 10.0 Å². The molecule has 31 heavy (non-hydrogen) atoms. The molecule has 0 N–H and O–H groups in total. The molecule has 1 aromatic rings. The first-order chi connectivity index (χ1) is 14.9. The van der Waals surface area contributed by atoms with Crippen LogP contribution in [0, 0.1) is 11.8 Å². The first-order valence-electron chi connectivity index (χ1n) is 11.5. The van der Waals surface area contributed by atoms with Crippen LogP contribution in [-0.2, 0) is 24.3 Å². The molecule has 0 saturated carbocycles. The van der Waals surface area contributed by atoms with E-state index in [0.29, 0.717) is 55.9 Å². The van der Waals surface area contributed by atoms with Gasteiger partial charge in [-0.05, 0) is 49.3 Å². The van der Waals surface area contributed by atoms with Crippen molar-refractivity contribution >= 4 is 15.9 Å². The van der Waals surface area contributed by atoms with Crippen molar-refractivity contribution in [2.45, 2.75) is 56.6 Å². The zero-order chi connectivity index (χ0) is 22.0. The monoisotopic (exact) mass is 450 g/mol. The first-order valence-corrected chi connectivity index (χ1v) is 12.9. The maximum Gasteiger partial charge on any atom is 0.243 e. The van der Waals surface area contributed by atoms with Gasteiger partial charge < -0.3 is 14.4 Å². The molecule has 3 saturated heterocycles. The molecule has 3 aliphatic rings. The molecule has 0 aromatic heterocycles. The van der Waals surface area contributed by atoms with E-state index in [1.807, 2.05) is 17.0 Å². The summed E-state index contributed by atoms with van der Waals surface area (Å²) in [5, 5.41) is 0. The van der Waals surface area contributed by atoms with E-state index in [2.05, 4.69) is 13.8 Å². The molecule has 0 radical (unpaired) electrons. The lowest BCUT2D eigenvalue weighted by Gasteiger charge is -2.37. The van der Waals surface area contributed by atoms with E-state index in [1.54, 1.807) is 12.1 Å². The molecule has 0 aliphatic carbocycles. The number of piperidine rings is 2. The molecular weight excluding hydrogens is 416 g/mol. The van der Waals surface area contributed by atoms with E-state index in [1.165, 1.54) is 4.31 Å². The second-order valence-corrected chi connectivity index (χ2v) is 11.1. The van der Waals surface area contributed by atoms with Crippen LogP contribution in [0.5, 0.6) is 0 Å². The SMILES string of the molecule is CC(C)c1ccc(S(=O)(=O)N2CCC(C(=O)N3CCC(C4OCCO4)CC3)CC2)cc1. The van der Waals surface area contributed by atoms with Gasteiger partial charge in [-0.3, -0.25) is 4.79 Å². The number of nitrogens with zero attached hydrogens (tertiary/aromatic N) is 2. The molecule has 1 aromatic carbocycles. The Morgan fingerprint density at radius 2 is 1.52 bits per heavy atom. The Morgan fingerprint density at radius 3 is 2.06 bits per heavy atom. The van der Waals surface area contributed by atoms with Crippen LogP contribution in [-0.4, -0.2) is 69.2 Å². The van der Waals surface area contributed by atoms with Crippen LogP contribution >= 0.6 is 0 Å². The fourth-order valence-electron chi connectivity index (χ4n) is 4.82. The molecule has 0 spiro atoms. The Hall–Kier alpha value is -1.48. The number of rotatable bonds is 5. The fraction of sp³-hybridized carbons (Fsp3) is 0.696. The van der Waals surface area contributed by atoms with Gasteiger partial charge in [0.1, 0.15) is 0 Å². The van der Waals surface area contributed by atoms with Gasteiger partial charge in [-0.15, -0.1) is 0 Å². The maximum atomic E-state index is 13.0. The van der Waals surface area contributed by atoms with Crippen molar-refractivity contribution in [2.24, 2.45) is 11.8 Å². The highest BCUT2D eigenvalue weighted by Gasteiger charge is 2.36. The van der Waals surface area contributed by atoms with Crippen molar-refractivity contribution in [1.82, 2.24) is 9.21 Å². The van der Waals surface area contributed by atoms with Crippen molar-refractivity contribution < 1.29 is 22.7 Å². The third kappa shape index (κ3) is 4.97. The van der Waals surface area contributed by atoms with Crippen molar-refractivity contribution in [3.8, 4) is 0 Å². The number of benzene rings is 1. The average Bonchev–Trinajstić information content (AvgIpc) is 3.34. The van der Waals surface area contributed by atoms with Gasteiger partial charge in [0, 0.05) is 38.0 Å². The van der Waals surface area contributed by atoms with Crippen LogP contribution in [0.25, 0.3) is 0 Å². The molecule has 4 rings (SSSR count). The summed E-state index contributed by atoms with van der Waals surface area (Å²) in [5.41, 5.74) is 1.12. The molecule has 3 fully saturated rings. The summed E-state index contributed by atoms with van der Waals surface area (Å²) in [5.74, 6) is 0.803. The molecular formula is C23H34N2O5S. The van der Waals surface area contributed by atoms with Crippen LogP contribution < -0.4 is 0 Å². The Balaban J connectivity index is 1.29. The molecule has 3 heterocycles. The third-order valence-corrected chi connectivity index (χ3v) is 8.78. The van der Waals surface area contributed by atoms with Gasteiger partial charge in [0.25, 0.3) is 0 Å². The predicted octanol–water partition coefficient (Wildman–Crippen LogP) is 2.82. The highest BCUT2D eigenvalue weighted by molar-refractivity contribution is 7.89. The summed E-state index contributed by atoms with van der Waals surface area (Å²) in [6.07, 6.45) is 2.85. The minimum atomic E-state index is -3.51. The minimum absolute atomic E-state index is 0.0923. The van der Waals surface area contributed by atoms with Crippen molar-refractivity contribution in [3.63, 3.8) is 0 Å². The Bertz CT molecular complexity index is 848. The lowest BCUT2D eigenvalue weighted by atomic mass is 9.92. The maximum absolute atomic E-state index is 13.0. The number of likely N-dealkylation sites (tertiary alicyclic amines) is 1. The van der Waals surface area contributed by atoms with Gasteiger partial charge >= 0.3 is 0 Å². The highest BCUT2D eigenvalue weighted by atomic mass is 32.2. The summed E-state index contributed by atoms with van der Waals surface area (Å²) >= 11 is 0. The van der Waals surface area contributed by atoms with E-state index in [4.69, 9.17) is 9.47 Å². The number of hydrogen-bond donors (Lipinski definition) is 0. The normalized spacial score (nSPS) is 23.0. The van der Waals surface area contributed by atoms with Gasteiger partial charge in [-0.25, -0.2) is 8.42 Å². The van der Waals surface area contributed by atoms with Gasteiger partial charge in [0.05, 0.1) is 18.1 Å². The van der Waals surface area contributed by atoms with E-state index in [9.17, 15) is 13.2 Å². The topological polar surface area (TPSA) is 76.2 Å². The number of sulfonamides is 1. The first kappa shape index (κ1) is 22.7. The molecule has 8 heteroatoms. The largest absolute Gasteiger partial charge is 0.350 e. The van der Waals surface area contributed by atoms with E-state index in [0.717, 1.165) is 31.5 Å². The number of hydrogen-bond acceptors (Lipinski definition) is 5. The van der Waals surface area contributed by atoms with Gasteiger partial charge in [0.2, 0.25) is 15.9 Å². The van der Waals surface area contributed by atoms with Crippen molar-refractivity contribution in [2.75, 3.05) is 39.4 Å². The zero-order valence-corrected chi connectivity index (χ0v) is 19.4. The number of amides is 1. The number of carbonyl (C=O) groups is 1. The summed E-state index contributed by atoms with van der Waals surface area (Å²) in [6.45, 7) is 7.74. The molecule has 1 amide bonds. The van der Waals surface area contributed by atoms with Gasteiger partial charge in [0.15, 0.2) is 6.29 Å². The third-order valence-electron chi connectivity index (χ3n) is 6.87. The summed E-state index contributed by atoms with van der Waals surface area (Å²) in [4.78, 5) is 15.3. The Labute approximate surface area is 185 Å². The smallest absolute Gasteiger partial charge is 0.243 e. The van der Waals surface area contributed by atoms with Crippen LogP contribution in [0.15, 0.2) is 29.2 Å². The molecule has 3 aliphatic heterocycles. The lowest BCUT2D eigenvalue weighted by molar-refractivity contribution is -0.142. The molecule has 0 bridgehead atoms. The molecule has 172 valence electrons. The molecule has 0 unspecified atom stereocenters.